The monoisotopic (exact) mass is 241 g/mol. The Kier molecular flexibility index (Phi) is 77.5. The maximum atomic E-state index is 8.95. The fourth-order valence-electron chi connectivity index (χ4n) is 0. The van der Waals surface area contributed by atoms with Gasteiger partial charge in [-0.05, 0) is 0 Å². The molecule has 0 aliphatic heterocycles. The first-order chi connectivity index (χ1) is 7.66. The number of carbonyl (C=O) groups is 3. The van der Waals surface area contributed by atoms with Crippen molar-refractivity contribution < 1.29 is 38.1 Å². The predicted molar refractivity (Wildman–Crippen MR) is 54.2 cm³/mol. The minimum atomic E-state index is 0.375. The highest BCUT2D eigenvalue weighted by molar-refractivity contribution is 5.37. The van der Waals surface area contributed by atoms with Gasteiger partial charge in [0.15, 0.2) is 7.11 Å². The zero-order valence-corrected chi connectivity index (χ0v) is 9.61. The standard InChI is InChI=1S/4C2H4O2/c4*1-4-2-3/h4*2H,1H3/p+1. The molecule has 0 spiro atoms. The van der Waals surface area contributed by atoms with Gasteiger partial charge in [0, 0.05) is 0 Å². The SMILES string of the molecule is COC=O.COC=O.COC=O.COC=[OH+]. The number of carbonyl (C=O) groups excluding carboxylic acids is 4. The van der Waals surface area contributed by atoms with Gasteiger partial charge in [-0.25, -0.2) is 0 Å². The third-order valence-electron chi connectivity index (χ3n) is 0.394. The molecule has 1 N–H and O–H groups in total. The van der Waals surface area contributed by atoms with Crippen LogP contribution in [0.5, 0.6) is 0 Å². The summed E-state index contributed by atoms with van der Waals surface area (Å²) in [6, 6.07) is 0. The molecule has 0 saturated carbocycles. The quantitative estimate of drug-likeness (QED) is 0.357. The highest BCUT2D eigenvalue weighted by Gasteiger charge is 1.57. The Morgan fingerprint density at radius 3 is 0.812 bits per heavy atom. The zero-order valence-electron chi connectivity index (χ0n) is 9.61. The zero-order chi connectivity index (χ0) is 13.7. The van der Waals surface area contributed by atoms with Crippen LogP contribution in [-0.2, 0) is 33.3 Å². The number of rotatable bonds is 4. The van der Waals surface area contributed by atoms with Crippen molar-refractivity contribution in [2.75, 3.05) is 28.4 Å². The fourth-order valence-corrected chi connectivity index (χ4v) is 0. The molecule has 0 bridgehead atoms. The largest absolute Gasteiger partial charge is 0.471 e. The molecular weight excluding hydrogens is 224 g/mol. The summed E-state index contributed by atoms with van der Waals surface area (Å²) in [6.07, 6.45) is 0. The lowest BCUT2D eigenvalue weighted by Gasteiger charge is -1.67. The first kappa shape index (κ1) is 23.6. The van der Waals surface area contributed by atoms with Crippen molar-refractivity contribution >= 4 is 25.9 Å². The van der Waals surface area contributed by atoms with E-state index in [1.165, 1.54) is 28.4 Å². The average molecular weight is 241 g/mol. The number of ether oxygens (including phenoxy) is 4. The van der Waals surface area contributed by atoms with Gasteiger partial charge in [-0.1, -0.05) is 0 Å². The molecule has 0 fully saturated rings. The number of methoxy groups -OCH3 is 4. The molecule has 0 atom stereocenters. The van der Waals surface area contributed by atoms with E-state index in [0.29, 0.717) is 25.9 Å². The second-order valence-electron chi connectivity index (χ2n) is 1.34. The Hall–Kier alpha value is -2.12. The summed E-state index contributed by atoms with van der Waals surface area (Å²) < 4.78 is 15.6. The third-order valence-corrected chi connectivity index (χ3v) is 0.394. The van der Waals surface area contributed by atoms with Gasteiger partial charge < -0.3 is 23.7 Å². The van der Waals surface area contributed by atoms with Crippen molar-refractivity contribution in [2.24, 2.45) is 0 Å². The van der Waals surface area contributed by atoms with E-state index in [2.05, 4.69) is 18.9 Å². The van der Waals surface area contributed by atoms with E-state index in [-0.39, 0.29) is 0 Å². The van der Waals surface area contributed by atoms with Gasteiger partial charge in [0.2, 0.25) is 0 Å². The Bertz CT molecular complexity index is 104. The molecule has 0 amide bonds. The van der Waals surface area contributed by atoms with Crippen LogP contribution in [0.25, 0.3) is 0 Å². The van der Waals surface area contributed by atoms with E-state index < -0.39 is 0 Å². The van der Waals surface area contributed by atoms with Gasteiger partial charge in [0.1, 0.15) is 0 Å². The van der Waals surface area contributed by atoms with Gasteiger partial charge in [-0.3, -0.25) is 14.4 Å². The molecule has 0 heterocycles. The molecule has 0 aliphatic rings. The summed E-state index contributed by atoms with van der Waals surface area (Å²) in [5, 5.41) is 0. The number of hydrogen-bond acceptors (Lipinski definition) is 7. The Morgan fingerprint density at radius 1 is 0.688 bits per heavy atom. The molecule has 8 heteroatoms. The van der Waals surface area contributed by atoms with Crippen molar-refractivity contribution in [2.45, 2.75) is 0 Å². The molecule has 0 unspecified atom stereocenters. The van der Waals surface area contributed by atoms with E-state index in [0.717, 1.165) is 0 Å². The highest BCUT2D eigenvalue weighted by Crippen LogP contribution is 1.36. The summed E-state index contributed by atoms with van der Waals surface area (Å²) >= 11 is 0. The van der Waals surface area contributed by atoms with Crippen LogP contribution in [0.1, 0.15) is 0 Å². The highest BCUT2D eigenvalue weighted by atomic mass is 16.5. The van der Waals surface area contributed by atoms with E-state index >= 15 is 0 Å². The third kappa shape index (κ3) is 398. The fraction of sp³-hybridized carbons (Fsp3) is 0.500. The lowest BCUT2D eigenvalue weighted by Crippen LogP contribution is -1.69. The van der Waals surface area contributed by atoms with E-state index in [1.807, 2.05) is 0 Å². The van der Waals surface area contributed by atoms with Crippen molar-refractivity contribution in [3.8, 4) is 0 Å². The smallest absolute Gasteiger partial charge is 0.470 e. The Labute approximate surface area is 93.4 Å². The van der Waals surface area contributed by atoms with Crippen LogP contribution >= 0.6 is 0 Å². The second-order valence-corrected chi connectivity index (χ2v) is 1.34. The van der Waals surface area contributed by atoms with Crippen molar-refractivity contribution in [1.29, 1.82) is 0 Å². The molecule has 0 aliphatic carbocycles. The summed E-state index contributed by atoms with van der Waals surface area (Å²) in [7, 11) is 5.31. The van der Waals surface area contributed by atoms with Crippen LogP contribution in [0.4, 0.5) is 0 Å². The molecule has 16 heavy (non-hydrogen) atoms. The predicted octanol–water partition coefficient (Wildman–Crippen LogP) is -0.867. The van der Waals surface area contributed by atoms with E-state index in [1.54, 1.807) is 0 Å². The van der Waals surface area contributed by atoms with Crippen molar-refractivity contribution in [3.05, 3.63) is 0 Å². The molecular formula is C8H17O8+. The molecule has 0 saturated heterocycles. The Balaban J connectivity index is -0.0000000600. The van der Waals surface area contributed by atoms with Gasteiger partial charge in [0.05, 0.1) is 21.3 Å². The molecule has 96 valence electrons. The molecule has 0 rings (SSSR count). The first-order valence-corrected chi connectivity index (χ1v) is 3.54. The van der Waals surface area contributed by atoms with Gasteiger partial charge >= 0.3 is 6.47 Å². The van der Waals surface area contributed by atoms with Crippen LogP contribution in [-0.4, -0.2) is 59.1 Å². The minimum absolute atomic E-state index is 0.375. The maximum Gasteiger partial charge on any atom is 0.470 e. The molecule has 0 aromatic carbocycles. The molecule has 0 aromatic rings. The van der Waals surface area contributed by atoms with Crippen LogP contribution in [0.2, 0.25) is 0 Å². The summed E-state index contributed by atoms with van der Waals surface area (Å²) in [6.45, 7) is 1.75. The lowest BCUT2D eigenvalue weighted by atomic mass is 11.5. The summed E-state index contributed by atoms with van der Waals surface area (Å²) in [4.78, 5) is 34.4. The van der Waals surface area contributed by atoms with E-state index in [9.17, 15) is 0 Å². The normalized spacial score (nSPS) is 5.25. The van der Waals surface area contributed by atoms with Gasteiger partial charge in [-0.2, -0.15) is 0 Å². The van der Waals surface area contributed by atoms with Crippen LogP contribution in [0.3, 0.4) is 0 Å². The van der Waals surface area contributed by atoms with E-state index in [4.69, 9.17) is 19.2 Å². The van der Waals surface area contributed by atoms with Crippen LogP contribution < -0.4 is 0 Å². The van der Waals surface area contributed by atoms with Crippen LogP contribution in [0, 0.1) is 0 Å². The summed E-state index contributed by atoms with van der Waals surface area (Å²) in [5.74, 6) is 0. The second kappa shape index (κ2) is 52.6. The van der Waals surface area contributed by atoms with Gasteiger partial charge in [0.25, 0.3) is 19.4 Å². The maximum absolute atomic E-state index is 8.95. The first-order valence-electron chi connectivity index (χ1n) is 3.54. The van der Waals surface area contributed by atoms with Crippen LogP contribution in [0.15, 0.2) is 0 Å². The average Bonchev–Trinajstić information content (AvgIpc) is 2.39. The van der Waals surface area contributed by atoms with Gasteiger partial charge in [-0.15, -0.1) is 0 Å². The molecule has 8 nitrogen and oxygen atoms in total. The molecule has 0 aromatic heterocycles. The Morgan fingerprint density at radius 2 is 0.812 bits per heavy atom. The molecule has 0 radical (unpaired) electrons. The van der Waals surface area contributed by atoms with Crippen molar-refractivity contribution in [3.63, 3.8) is 0 Å². The number of hydrogen-bond donors (Lipinski definition) is 0. The van der Waals surface area contributed by atoms with Crippen molar-refractivity contribution in [1.82, 2.24) is 0 Å². The summed E-state index contributed by atoms with van der Waals surface area (Å²) in [5.41, 5.74) is 0. The minimum Gasteiger partial charge on any atom is -0.471 e. The topological polar surface area (TPSA) is 110 Å². The lowest BCUT2D eigenvalue weighted by molar-refractivity contribution is -0.126.